The highest BCUT2D eigenvalue weighted by Gasteiger charge is 2.37. The largest absolute Gasteiger partial charge is 0.488 e. The third kappa shape index (κ3) is 5.50. The lowest BCUT2D eigenvalue weighted by Crippen LogP contribution is -2.38. The van der Waals surface area contributed by atoms with Gasteiger partial charge in [-0.15, -0.1) is 0 Å². The molecule has 3 rings (SSSR count). The van der Waals surface area contributed by atoms with Crippen LogP contribution in [0.15, 0.2) is 12.1 Å². The van der Waals surface area contributed by atoms with Gasteiger partial charge in [-0.25, -0.2) is 9.78 Å². The Bertz CT molecular complexity index is 670. The number of ether oxygens (including phenoxy) is 2. The van der Waals surface area contributed by atoms with E-state index in [1.807, 2.05) is 38.7 Å². The predicted octanol–water partition coefficient (Wildman–Crippen LogP) is 5.24. The number of halogens is 1. The average molecular weight is 395 g/mol. The van der Waals surface area contributed by atoms with Crippen molar-refractivity contribution in [1.29, 1.82) is 0 Å². The zero-order valence-electron chi connectivity index (χ0n) is 16.8. The van der Waals surface area contributed by atoms with Crippen molar-refractivity contribution in [3.05, 3.63) is 23.0 Å². The van der Waals surface area contributed by atoms with E-state index in [1.165, 1.54) is 19.3 Å². The molecule has 1 aromatic rings. The van der Waals surface area contributed by atoms with Gasteiger partial charge in [0, 0.05) is 19.0 Å². The SMILES string of the molecule is Cc1nc(Cl)ccc1OC(CC1CCC1)C1CCN(C(=O)OC(C)(C)C)C1. The summed E-state index contributed by atoms with van der Waals surface area (Å²) in [5, 5.41) is 0.479. The van der Waals surface area contributed by atoms with E-state index in [4.69, 9.17) is 21.1 Å². The maximum atomic E-state index is 12.4. The molecular weight excluding hydrogens is 364 g/mol. The van der Waals surface area contributed by atoms with Gasteiger partial charge in [-0.3, -0.25) is 0 Å². The Balaban J connectivity index is 1.67. The topological polar surface area (TPSA) is 51.7 Å². The number of hydrogen-bond acceptors (Lipinski definition) is 4. The summed E-state index contributed by atoms with van der Waals surface area (Å²) in [5.74, 6) is 1.83. The zero-order valence-corrected chi connectivity index (χ0v) is 17.6. The fourth-order valence-corrected chi connectivity index (χ4v) is 3.97. The summed E-state index contributed by atoms with van der Waals surface area (Å²) in [6.07, 6.45) is 5.71. The third-order valence-electron chi connectivity index (χ3n) is 5.47. The van der Waals surface area contributed by atoms with Gasteiger partial charge in [0.1, 0.15) is 22.6 Å². The highest BCUT2D eigenvalue weighted by molar-refractivity contribution is 6.29. The van der Waals surface area contributed by atoms with Crippen molar-refractivity contribution in [3.8, 4) is 5.75 Å². The number of carbonyl (C=O) groups excluding carboxylic acids is 1. The number of hydrogen-bond donors (Lipinski definition) is 0. The molecule has 2 fully saturated rings. The second-order valence-corrected chi connectivity index (χ2v) is 9.27. The molecule has 0 spiro atoms. The van der Waals surface area contributed by atoms with Crippen LogP contribution in [-0.4, -0.2) is 40.8 Å². The molecule has 1 aliphatic heterocycles. The first-order valence-electron chi connectivity index (χ1n) is 9.99. The van der Waals surface area contributed by atoms with Crippen LogP contribution in [0.4, 0.5) is 4.79 Å². The normalized spacial score (nSPS) is 21.7. The first-order chi connectivity index (χ1) is 12.7. The Morgan fingerprint density at radius 2 is 2.07 bits per heavy atom. The maximum absolute atomic E-state index is 12.4. The molecule has 0 radical (unpaired) electrons. The van der Waals surface area contributed by atoms with Crippen LogP contribution in [0.25, 0.3) is 0 Å². The fraction of sp³-hybridized carbons (Fsp3) is 0.714. The maximum Gasteiger partial charge on any atom is 0.410 e. The van der Waals surface area contributed by atoms with Gasteiger partial charge in [-0.2, -0.15) is 0 Å². The molecule has 6 heteroatoms. The molecule has 0 aromatic carbocycles. The molecule has 1 aliphatic carbocycles. The Kier molecular flexibility index (Phi) is 6.19. The van der Waals surface area contributed by atoms with Gasteiger partial charge in [0.15, 0.2) is 0 Å². The van der Waals surface area contributed by atoms with E-state index in [-0.39, 0.29) is 12.2 Å². The standard InChI is InChI=1S/C21H31ClN2O3/c1-14-17(8-9-19(22)23-14)26-18(12-15-6-5-7-15)16-10-11-24(13-16)20(25)27-21(2,3)4/h8-9,15-16,18H,5-7,10-13H2,1-4H3. The summed E-state index contributed by atoms with van der Waals surface area (Å²) in [6.45, 7) is 9.03. The van der Waals surface area contributed by atoms with Crippen molar-refractivity contribution in [2.45, 2.75) is 71.5 Å². The van der Waals surface area contributed by atoms with Gasteiger partial charge in [0.25, 0.3) is 0 Å². The lowest BCUT2D eigenvalue weighted by Gasteiger charge is -2.33. The second-order valence-electron chi connectivity index (χ2n) is 8.88. The van der Waals surface area contributed by atoms with Gasteiger partial charge in [-0.05, 0) is 58.6 Å². The van der Waals surface area contributed by atoms with Gasteiger partial charge < -0.3 is 14.4 Å². The molecular formula is C21H31ClN2O3. The van der Waals surface area contributed by atoms with Crippen LogP contribution in [0.2, 0.25) is 5.15 Å². The number of aryl methyl sites for hydroxylation is 1. The highest BCUT2D eigenvalue weighted by Crippen LogP contribution is 2.36. The van der Waals surface area contributed by atoms with Crippen LogP contribution >= 0.6 is 11.6 Å². The van der Waals surface area contributed by atoms with Gasteiger partial charge in [-0.1, -0.05) is 30.9 Å². The molecule has 0 bridgehead atoms. The second kappa shape index (κ2) is 8.26. The van der Waals surface area contributed by atoms with Gasteiger partial charge in [0.05, 0.1) is 5.69 Å². The molecule has 2 atom stereocenters. The Morgan fingerprint density at radius 1 is 1.33 bits per heavy atom. The van der Waals surface area contributed by atoms with Crippen LogP contribution in [0.5, 0.6) is 5.75 Å². The summed E-state index contributed by atoms with van der Waals surface area (Å²) in [7, 11) is 0. The van der Waals surface area contributed by atoms with Crippen molar-refractivity contribution in [3.63, 3.8) is 0 Å². The van der Waals surface area contributed by atoms with Crippen LogP contribution < -0.4 is 4.74 Å². The van der Waals surface area contributed by atoms with Crippen molar-refractivity contribution in [2.75, 3.05) is 13.1 Å². The number of rotatable bonds is 5. The number of amides is 1. The number of aromatic nitrogens is 1. The Hall–Kier alpha value is -1.49. The van der Waals surface area contributed by atoms with E-state index in [9.17, 15) is 4.79 Å². The summed E-state index contributed by atoms with van der Waals surface area (Å²) in [5.41, 5.74) is 0.339. The minimum absolute atomic E-state index is 0.0874. The first-order valence-corrected chi connectivity index (χ1v) is 10.4. The number of pyridine rings is 1. The van der Waals surface area contributed by atoms with E-state index in [1.54, 1.807) is 6.07 Å². The molecule has 27 heavy (non-hydrogen) atoms. The molecule has 2 heterocycles. The van der Waals surface area contributed by atoms with Crippen molar-refractivity contribution < 1.29 is 14.3 Å². The van der Waals surface area contributed by atoms with E-state index < -0.39 is 5.60 Å². The molecule has 1 amide bonds. The molecule has 1 aromatic heterocycles. The first kappa shape index (κ1) is 20.2. The summed E-state index contributed by atoms with van der Waals surface area (Å²) in [4.78, 5) is 18.5. The van der Waals surface area contributed by atoms with E-state index in [0.29, 0.717) is 17.6 Å². The van der Waals surface area contributed by atoms with Gasteiger partial charge >= 0.3 is 6.09 Å². The monoisotopic (exact) mass is 394 g/mol. The summed E-state index contributed by atoms with van der Waals surface area (Å²) in [6, 6.07) is 3.67. The molecule has 2 aliphatic rings. The molecule has 5 nitrogen and oxygen atoms in total. The minimum atomic E-state index is -0.469. The van der Waals surface area contributed by atoms with E-state index in [0.717, 1.165) is 36.7 Å². The minimum Gasteiger partial charge on any atom is -0.488 e. The zero-order chi connectivity index (χ0) is 19.6. The molecule has 0 N–H and O–H groups in total. The van der Waals surface area contributed by atoms with Crippen molar-refractivity contribution in [1.82, 2.24) is 9.88 Å². The number of carbonyl (C=O) groups is 1. The lowest BCUT2D eigenvalue weighted by atomic mass is 9.79. The predicted molar refractivity (Wildman–Crippen MR) is 106 cm³/mol. The Morgan fingerprint density at radius 3 is 2.67 bits per heavy atom. The smallest absolute Gasteiger partial charge is 0.410 e. The Labute approximate surface area is 167 Å². The van der Waals surface area contributed by atoms with Crippen LogP contribution in [-0.2, 0) is 4.74 Å². The third-order valence-corrected chi connectivity index (χ3v) is 5.68. The molecule has 2 unspecified atom stereocenters. The fourth-order valence-electron chi connectivity index (χ4n) is 3.78. The quantitative estimate of drug-likeness (QED) is 0.641. The number of nitrogens with zero attached hydrogens (tertiary/aromatic N) is 2. The van der Waals surface area contributed by atoms with Crippen LogP contribution in [0.3, 0.4) is 0 Å². The van der Waals surface area contributed by atoms with Crippen LogP contribution in [0, 0.1) is 18.8 Å². The van der Waals surface area contributed by atoms with E-state index in [2.05, 4.69) is 4.98 Å². The van der Waals surface area contributed by atoms with Gasteiger partial charge in [0.2, 0.25) is 0 Å². The van der Waals surface area contributed by atoms with Crippen molar-refractivity contribution >= 4 is 17.7 Å². The highest BCUT2D eigenvalue weighted by atomic mass is 35.5. The van der Waals surface area contributed by atoms with E-state index >= 15 is 0 Å². The molecule has 1 saturated heterocycles. The molecule has 150 valence electrons. The lowest BCUT2D eigenvalue weighted by molar-refractivity contribution is 0.0264. The number of likely N-dealkylation sites (tertiary alicyclic amines) is 1. The molecule has 1 saturated carbocycles. The average Bonchev–Trinajstić information content (AvgIpc) is 3.00. The van der Waals surface area contributed by atoms with Crippen LogP contribution in [0.1, 0.15) is 58.6 Å². The van der Waals surface area contributed by atoms with Crippen molar-refractivity contribution in [2.24, 2.45) is 11.8 Å². The summed E-state index contributed by atoms with van der Waals surface area (Å²) < 4.78 is 12.0. The summed E-state index contributed by atoms with van der Waals surface area (Å²) >= 11 is 5.98.